The lowest BCUT2D eigenvalue weighted by molar-refractivity contribution is 1.22. The number of pyridine rings is 2. The van der Waals surface area contributed by atoms with Crippen LogP contribution in [0.15, 0.2) is 207 Å². The lowest BCUT2D eigenvalue weighted by Gasteiger charge is -2.18. The Balaban J connectivity index is 1.17. The van der Waals surface area contributed by atoms with Gasteiger partial charge in [0.25, 0.3) is 0 Å². The first kappa shape index (κ1) is 37.4. The van der Waals surface area contributed by atoms with Gasteiger partial charge in [-0.15, -0.1) is 0 Å². The van der Waals surface area contributed by atoms with E-state index in [1.807, 2.05) is 48.5 Å². The molecule has 8 heteroatoms. The number of hydrogen-bond acceptors (Lipinski definition) is 8. The summed E-state index contributed by atoms with van der Waals surface area (Å²) in [4.78, 5) is 41.8. The average molecular weight is 843 g/mol. The Hall–Kier alpha value is -9.14. The molecule has 0 fully saturated rings. The summed E-state index contributed by atoms with van der Waals surface area (Å²) in [6, 6.07) is 66.4. The van der Waals surface area contributed by atoms with Crippen LogP contribution in [0.1, 0.15) is 0 Å². The summed E-state index contributed by atoms with van der Waals surface area (Å²) in [5.41, 5.74) is 13.7. The van der Waals surface area contributed by atoms with Crippen molar-refractivity contribution in [3.05, 3.63) is 207 Å². The Morgan fingerprint density at radius 1 is 0.242 bits per heavy atom. The maximum atomic E-state index is 5.48. The highest BCUT2D eigenvalue weighted by Crippen LogP contribution is 2.43. The molecule has 0 spiro atoms. The van der Waals surface area contributed by atoms with Crippen LogP contribution in [0.4, 0.5) is 0 Å². The SMILES string of the molecule is c1ccc2c(-c3nc4ccccc4nc3-c3cc(-c4nc5ncccc5nc4-c4cccc5ccccc45)cc(-c4nc5cccnc5nc4-c4cccc5ccccc45)c3)cccc2c1. The summed E-state index contributed by atoms with van der Waals surface area (Å²) < 4.78 is 0. The second-order valence-corrected chi connectivity index (χ2v) is 16.3. The fourth-order valence-electron chi connectivity index (χ4n) is 9.29. The van der Waals surface area contributed by atoms with Crippen molar-refractivity contribution in [3.8, 4) is 67.5 Å². The average Bonchev–Trinajstić information content (AvgIpc) is 3.39. The summed E-state index contributed by atoms with van der Waals surface area (Å²) in [5, 5.41) is 6.53. The van der Waals surface area contributed by atoms with Gasteiger partial charge in [0.15, 0.2) is 11.3 Å². The molecule has 8 aromatic carbocycles. The van der Waals surface area contributed by atoms with Gasteiger partial charge in [-0.05, 0) is 86.9 Å². The molecule has 0 unspecified atom stereocenters. The van der Waals surface area contributed by atoms with Gasteiger partial charge in [-0.3, -0.25) is 0 Å². The van der Waals surface area contributed by atoms with Crippen molar-refractivity contribution >= 4 is 65.7 Å². The quantitative estimate of drug-likeness (QED) is 0.163. The third kappa shape index (κ3) is 6.31. The van der Waals surface area contributed by atoms with Crippen LogP contribution in [0.3, 0.4) is 0 Å². The van der Waals surface area contributed by atoms with Crippen molar-refractivity contribution in [3.63, 3.8) is 0 Å². The number of hydrogen-bond donors (Lipinski definition) is 0. The molecule has 306 valence electrons. The van der Waals surface area contributed by atoms with Gasteiger partial charge in [0.05, 0.1) is 45.2 Å². The van der Waals surface area contributed by atoms with Crippen molar-refractivity contribution in [1.29, 1.82) is 0 Å². The van der Waals surface area contributed by atoms with Crippen LogP contribution in [0, 0.1) is 0 Å². The molecule has 0 saturated heterocycles. The molecule has 5 aromatic heterocycles. The predicted molar refractivity (Wildman–Crippen MR) is 266 cm³/mol. The molecule has 13 rings (SSSR count). The van der Waals surface area contributed by atoms with Crippen molar-refractivity contribution in [2.24, 2.45) is 0 Å². The fraction of sp³-hybridized carbons (Fsp3) is 0. The van der Waals surface area contributed by atoms with E-state index < -0.39 is 0 Å². The molecule has 0 radical (unpaired) electrons. The number of aromatic nitrogens is 8. The Morgan fingerprint density at radius 3 is 1.03 bits per heavy atom. The van der Waals surface area contributed by atoms with Gasteiger partial charge < -0.3 is 0 Å². The minimum Gasteiger partial charge on any atom is -0.244 e. The summed E-state index contributed by atoms with van der Waals surface area (Å²) >= 11 is 0. The molecular formula is C58H34N8. The van der Waals surface area contributed by atoms with E-state index in [1.165, 1.54) is 0 Å². The summed E-state index contributed by atoms with van der Waals surface area (Å²) in [7, 11) is 0. The number of rotatable bonds is 6. The topological polar surface area (TPSA) is 103 Å². The van der Waals surface area contributed by atoms with E-state index >= 15 is 0 Å². The molecule has 0 amide bonds. The maximum Gasteiger partial charge on any atom is 0.178 e. The molecule has 0 N–H and O–H groups in total. The Morgan fingerprint density at radius 2 is 0.561 bits per heavy atom. The standard InChI is InChI=1S/C58H34N8/c1-4-20-41-35(14-1)17-9-23-44(41)54-51(61-47-26-7-8-27-48(47)62-54)38-32-39(52-56(66-58-49(63-52)28-12-31-60-58)46-25-11-19-37-16-3-6-22-43(37)46)34-40(33-38)53-55(64-50-29-13-30-59-57(50)65-53)45-24-10-18-36-15-2-5-21-42(36)45/h1-34H. The van der Waals surface area contributed by atoms with Gasteiger partial charge in [-0.2, -0.15) is 0 Å². The molecule has 0 bridgehead atoms. The predicted octanol–water partition coefficient (Wildman–Crippen LogP) is 13.8. The zero-order valence-electron chi connectivity index (χ0n) is 35.2. The van der Waals surface area contributed by atoms with Gasteiger partial charge >= 0.3 is 0 Å². The zero-order chi connectivity index (χ0) is 43.6. The molecule has 0 atom stereocenters. The molecule has 0 aliphatic rings. The first-order valence-electron chi connectivity index (χ1n) is 21.8. The van der Waals surface area contributed by atoms with Crippen molar-refractivity contribution in [1.82, 2.24) is 39.9 Å². The Labute approximate surface area is 378 Å². The number of fused-ring (bicyclic) bond motifs is 6. The van der Waals surface area contributed by atoms with Gasteiger partial charge in [-0.1, -0.05) is 140 Å². The smallest absolute Gasteiger partial charge is 0.178 e. The molecular weight excluding hydrogens is 809 g/mol. The molecule has 5 heterocycles. The second kappa shape index (κ2) is 15.3. The van der Waals surface area contributed by atoms with Crippen LogP contribution in [0.5, 0.6) is 0 Å². The van der Waals surface area contributed by atoms with Crippen LogP contribution in [0.25, 0.3) is 133 Å². The van der Waals surface area contributed by atoms with E-state index in [2.05, 4.69) is 146 Å². The second-order valence-electron chi connectivity index (χ2n) is 16.3. The largest absolute Gasteiger partial charge is 0.244 e. The summed E-state index contributed by atoms with van der Waals surface area (Å²) in [5.74, 6) is 0. The maximum absolute atomic E-state index is 5.48. The summed E-state index contributed by atoms with van der Waals surface area (Å²) in [6.45, 7) is 0. The van der Waals surface area contributed by atoms with Crippen molar-refractivity contribution < 1.29 is 0 Å². The zero-order valence-corrected chi connectivity index (χ0v) is 35.2. The van der Waals surface area contributed by atoms with Gasteiger partial charge in [0.1, 0.15) is 11.0 Å². The van der Waals surface area contributed by atoms with Crippen LogP contribution >= 0.6 is 0 Å². The molecule has 0 saturated carbocycles. The van der Waals surface area contributed by atoms with E-state index in [-0.39, 0.29) is 0 Å². The van der Waals surface area contributed by atoms with Crippen molar-refractivity contribution in [2.45, 2.75) is 0 Å². The Kier molecular flexibility index (Phi) is 8.67. The molecule has 0 aliphatic carbocycles. The van der Waals surface area contributed by atoms with Gasteiger partial charge in [0, 0.05) is 45.8 Å². The van der Waals surface area contributed by atoms with E-state index in [1.54, 1.807) is 12.4 Å². The molecule has 8 nitrogen and oxygen atoms in total. The highest BCUT2D eigenvalue weighted by atomic mass is 14.9. The van der Waals surface area contributed by atoms with Crippen molar-refractivity contribution in [2.75, 3.05) is 0 Å². The lowest BCUT2D eigenvalue weighted by Crippen LogP contribution is -2.01. The van der Waals surface area contributed by atoms with E-state index in [9.17, 15) is 0 Å². The normalized spacial score (nSPS) is 11.6. The van der Waals surface area contributed by atoms with Gasteiger partial charge in [-0.25, -0.2) is 39.9 Å². The lowest BCUT2D eigenvalue weighted by atomic mass is 9.91. The third-order valence-electron chi connectivity index (χ3n) is 12.3. The minimum atomic E-state index is 0.540. The van der Waals surface area contributed by atoms with Crippen LogP contribution in [-0.4, -0.2) is 39.9 Å². The first-order chi connectivity index (χ1) is 32.7. The third-order valence-corrected chi connectivity index (χ3v) is 12.3. The van der Waals surface area contributed by atoms with E-state index in [0.29, 0.717) is 45.1 Å². The molecule has 13 aromatic rings. The monoisotopic (exact) mass is 842 g/mol. The molecule has 66 heavy (non-hydrogen) atoms. The van der Waals surface area contributed by atoms with E-state index in [0.717, 1.165) is 88.1 Å². The fourth-order valence-corrected chi connectivity index (χ4v) is 9.29. The highest BCUT2D eigenvalue weighted by molar-refractivity contribution is 6.04. The van der Waals surface area contributed by atoms with E-state index in [4.69, 9.17) is 39.9 Å². The Bertz CT molecular complexity index is 3640. The number of nitrogens with zero attached hydrogens (tertiary/aromatic N) is 8. The summed E-state index contributed by atoms with van der Waals surface area (Å²) in [6.07, 6.45) is 3.52. The highest BCUT2D eigenvalue weighted by Gasteiger charge is 2.24. The van der Waals surface area contributed by atoms with Crippen LogP contribution < -0.4 is 0 Å². The first-order valence-corrected chi connectivity index (χ1v) is 21.8. The minimum absolute atomic E-state index is 0.540. The molecule has 0 aliphatic heterocycles. The number of para-hydroxylation sites is 2. The van der Waals surface area contributed by atoms with Crippen LogP contribution in [-0.2, 0) is 0 Å². The van der Waals surface area contributed by atoms with Gasteiger partial charge in [0.2, 0.25) is 0 Å². The van der Waals surface area contributed by atoms with Crippen LogP contribution in [0.2, 0.25) is 0 Å². The number of benzene rings is 8.